The molecular weight excluding hydrogens is 278 g/mol. The lowest BCUT2D eigenvalue weighted by Crippen LogP contribution is -1.92. The smallest absolute Gasteiger partial charge is 0.224 e. The largest absolute Gasteiger partial charge is 0.494 e. The topological polar surface area (TPSA) is 60.0 Å². The van der Waals surface area contributed by atoms with E-state index in [4.69, 9.17) is 9.47 Å². The molecule has 0 fully saturated rings. The molecule has 0 unspecified atom stereocenters. The SMILES string of the molecule is CCOc1ccc(-c2cnc(-c3cccnc3OC)[nH]2)cc1. The first-order valence-electron chi connectivity index (χ1n) is 7.09. The zero-order chi connectivity index (χ0) is 15.4. The summed E-state index contributed by atoms with van der Waals surface area (Å²) in [7, 11) is 1.60. The van der Waals surface area contributed by atoms with Crippen LogP contribution in [0.2, 0.25) is 0 Å². The van der Waals surface area contributed by atoms with Crippen LogP contribution in [0.1, 0.15) is 6.92 Å². The third-order valence-electron chi connectivity index (χ3n) is 3.27. The number of methoxy groups -OCH3 is 1. The molecule has 2 aromatic heterocycles. The molecule has 0 saturated heterocycles. The van der Waals surface area contributed by atoms with Crippen LogP contribution < -0.4 is 9.47 Å². The fraction of sp³-hybridized carbons (Fsp3) is 0.176. The Morgan fingerprint density at radius 3 is 2.64 bits per heavy atom. The molecule has 0 aliphatic rings. The van der Waals surface area contributed by atoms with Crippen LogP contribution in [0.3, 0.4) is 0 Å². The summed E-state index contributed by atoms with van der Waals surface area (Å²) in [6, 6.07) is 11.7. The van der Waals surface area contributed by atoms with Gasteiger partial charge in [-0.15, -0.1) is 0 Å². The van der Waals surface area contributed by atoms with Gasteiger partial charge in [-0.25, -0.2) is 9.97 Å². The molecule has 0 atom stereocenters. The molecule has 5 heteroatoms. The molecule has 0 aliphatic heterocycles. The van der Waals surface area contributed by atoms with Crippen molar-refractivity contribution in [2.24, 2.45) is 0 Å². The van der Waals surface area contributed by atoms with Crippen LogP contribution in [-0.2, 0) is 0 Å². The number of hydrogen-bond acceptors (Lipinski definition) is 4. The van der Waals surface area contributed by atoms with Gasteiger partial charge in [-0.05, 0) is 48.9 Å². The Kier molecular flexibility index (Phi) is 4.05. The number of H-pyrrole nitrogens is 1. The molecule has 22 heavy (non-hydrogen) atoms. The van der Waals surface area contributed by atoms with Gasteiger partial charge in [0.1, 0.15) is 11.6 Å². The second-order valence-corrected chi connectivity index (χ2v) is 4.66. The summed E-state index contributed by atoms with van der Waals surface area (Å²) in [5, 5.41) is 0. The van der Waals surface area contributed by atoms with E-state index in [1.54, 1.807) is 19.5 Å². The van der Waals surface area contributed by atoms with E-state index in [1.165, 1.54) is 0 Å². The second kappa shape index (κ2) is 6.30. The van der Waals surface area contributed by atoms with E-state index >= 15 is 0 Å². The highest BCUT2D eigenvalue weighted by atomic mass is 16.5. The maximum absolute atomic E-state index is 5.45. The fourth-order valence-electron chi connectivity index (χ4n) is 2.24. The Morgan fingerprint density at radius 2 is 1.91 bits per heavy atom. The lowest BCUT2D eigenvalue weighted by Gasteiger charge is -2.04. The first kappa shape index (κ1) is 14.1. The molecule has 0 amide bonds. The predicted molar refractivity (Wildman–Crippen MR) is 85.0 cm³/mol. The molecule has 5 nitrogen and oxygen atoms in total. The van der Waals surface area contributed by atoms with Gasteiger partial charge in [0.25, 0.3) is 0 Å². The zero-order valence-electron chi connectivity index (χ0n) is 12.5. The zero-order valence-corrected chi connectivity index (χ0v) is 12.5. The number of nitrogens with zero attached hydrogens (tertiary/aromatic N) is 2. The van der Waals surface area contributed by atoms with E-state index in [9.17, 15) is 0 Å². The number of rotatable bonds is 5. The Bertz CT molecular complexity index is 751. The minimum atomic E-state index is 0.551. The van der Waals surface area contributed by atoms with Gasteiger partial charge in [0, 0.05) is 6.20 Å². The molecule has 0 saturated carbocycles. The summed E-state index contributed by atoms with van der Waals surface area (Å²) in [4.78, 5) is 11.9. The maximum atomic E-state index is 5.45. The molecule has 0 bridgehead atoms. The summed E-state index contributed by atoms with van der Waals surface area (Å²) in [5.41, 5.74) is 2.82. The summed E-state index contributed by atoms with van der Waals surface area (Å²) in [5.74, 6) is 2.14. The van der Waals surface area contributed by atoms with Gasteiger partial charge < -0.3 is 14.5 Å². The van der Waals surface area contributed by atoms with Crippen LogP contribution in [-0.4, -0.2) is 28.7 Å². The van der Waals surface area contributed by atoms with E-state index in [0.717, 1.165) is 28.4 Å². The molecular formula is C17H17N3O2. The van der Waals surface area contributed by atoms with Crippen molar-refractivity contribution in [2.75, 3.05) is 13.7 Å². The fourth-order valence-corrected chi connectivity index (χ4v) is 2.24. The van der Waals surface area contributed by atoms with Crippen molar-refractivity contribution in [1.29, 1.82) is 0 Å². The summed E-state index contributed by atoms with van der Waals surface area (Å²) >= 11 is 0. The number of ether oxygens (including phenoxy) is 2. The average molecular weight is 295 g/mol. The average Bonchev–Trinajstić information content (AvgIpc) is 3.05. The normalized spacial score (nSPS) is 10.5. The number of imidazole rings is 1. The molecule has 3 rings (SSSR count). The first-order chi connectivity index (χ1) is 10.8. The van der Waals surface area contributed by atoms with Crippen molar-refractivity contribution in [3.05, 3.63) is 48.8 Å². The number of pyridine rings is 1. The number of aromatic amines is 1. The molecule has 112 valence electrons. The summed E-state index contributed by atoms with van der Waals surface area (Å²) in [6.45, 7) is 2.63. The highest BCUT2D eigenvalue weighted by Crippen LogP contribution is 2.28. The first-order valence-corrected chi connectivity index (χ1v) is 7.09. The lowest BCUT2D eigenvalue weighted by molar-refractivity contribution is 0.340. The van der Waals surface area contributed by atoms with Gasteiger partial charge in [0.05, 0.1) is 31.2 Å². The summed E-state index contributed by atoms with van der Waals surface area (Å²) < 4.78 is 10.7. The van der Waals surface area contributed by atoms with Gasteiger partial charge in [0.15, 0.2) is 0 Å². The van der Waals surface area contributed by atoms with E-state index < -0.39 is 0 Å². The monoisotopic (exact) mass is 295 g/mol. The van der Waals surface area contributed by atoms with Crippen molar-refractivity contribution in [1.82, 2.24) is 15.0 Å². The highest BCUT2D eigenvalue weighted by Gasteiger charge is 2.11. The maximum Gasteiger partial charge on any atom is 0.224 e. The van der Waals surface area contributed by atoms with Crippen LogP contribution in [0, 0.1) is 0 Å². The minimum absolute atomic E-state index is 0.551. The minimum Gasteiger partial charge on any atom is -0.494 e. The van der Waals surface area contributed by atoms with E-state index in [2.05, 4.69) is 15.0 Å². The second-order valence-electron chi connectivity index (χ2n) is 4.66. The van der Waals surface area contributed by atoms with Crippen LogP contribution >= 0.6 is 0 Å². The molecule has 3 aromatic rings. The van der Waals surface area contributed by atoms with Crippen molar-refractivity contribution >= 4 is 0 Å². The third-order valence-corrected chi connectivity index (χ3v) is 3.27. The van der Waals surface area contributed by atoms with Crippen molar-refractivity contribution in [3.63, 3.8) is 0 Å². The Balaban J connectivity index is 1.90. The standard InChI is InChI=1S/C17H17N3O2/c1-3-22-13-8-6-12(7-9-13)15-11-19-16(20-15)14-5-4-10-18-17(14)21-2/h4-11H,3H2,1-2H3,(H,19,20). The van der Waals surface area contributed by atoms with E-state index in [-0.39, 0.29) is 0 Å². The Morgan fingerprint density at radius 1 is 1.09 bits per heavy atom. The Hall–Kier alpha value is -2.82. The molecule has 0 aliphatic carbocycles. The van der Waals surface area contributed by atoms with Crippen molar-refractivity contribution < 1.29 is 9.47 Å². The van der Waals surface area contributed by atoms with E-state index in [1.807, 2.05) is 43.3 Å². The van der Waals surface area contributed by atoms with Gasteiger partial charge in [-0.1, -0.05) is 0 Å². The quantitative estimate of drug-likeness (QED) is 0.782. The molecule has 1 aromatic carbocycles. The van der Waals surface area contributed by atoms with Crippen molar-refractivity contribution in [3.8, 4) is 34.3 Å². The third kappa shape index (κ3) is 2.79. The van der Waals surface area contributed by atoms with Crippen molar-refractivity contribution in [2.45, 2.75) is 6.92 Å². The van der Waals surface area contributed by atoms with Crippen LogP contribution in [0.15, 0.2) is 48.8 Å². The number of nitrogens with one attached hydrogen (secondary N) is 1. The van der Waals surface area contributed by atoms with E-state index in [0.29, 0.717) is 12.5 Å². The van der Waals surface area contributed by atoms with Gasteiger partial charge in [-0.3, -0.25) is 0 Å². The van der Waals surface area contributed by atoms with Crippen LogP contribution in [0.5, 0.6) is 11.6 Å². The van der Waals surface area contributed by atoms with Gasteiger partial charge in [-0.2, -0.15) is 0 Å². The highest BCUT2D eigenvalue weighted by molar-refractivity contribution is 5.67. The Labute approximate surface area is 129 Å². The van der Waals surface area contributed by atoms with Gasteiger partial charge >= 0.3 is 0 Å². The lowest BCUT2D eigenvalue weighted by atomic mass is 10.1. The molecule has 0 spiro atoms. The molecule has 2 heterocycles. The predicted octanol–water partition coefficient (Wildman–Crippen LogP) is 3.55. The number of hydrogen-bond donors (Lipinski definition) is 1. The number of aromatic nitrogens is 3. The molecule has 1 N–H and O–H groups in total. The number of benzene rings is 1. The molecule has 0 radical (unpaired) electrons. The van der Waals surface area contributed by atoms with Gasteiger partial charge in [0.2, 0.25) is 5.88 Å². The summed E-state index contributed by atoms with van der Waals surface area (Å²) in [6.07, 6.45) is 3.50. The van der Waals surface area contributed by atoms with Crippen LogP contribution in [0.4, 0.5) is 0 Å². The van der Waals surface area contributed by atoms with Crippen LogP contribution in [0.25, 0.3) is 22.6 Å².